The van der Waals surface area contributed by atoms with Gasteiger partial charge in [0.05, 0.1) is 0 Å². The summed E-state index contributed by atoms with van der Waals surface area (Å²) in [5.74, 6) is 0.742. The molecule has 0 aliphatic heterocycles. The molecule has 0 amide bonds. The molecule has 3 nitrogen and oxygen atoms in total. The largest absolute Gasteiger partial charge is 0.486 e. The minimum absolute atomic E-state index is 0.0121. The fraction of sp³-hybridized carbons (Fsp3) is 0.174. The van der Waals surface area contributed by atoms with Crippen molar-refractivity contribution in [2.75, 3.05) is 6.54 Å². The van der Waals surface area contributed by atoms with E-state index in [1.807, 2.05) is 85.8 Å². The maximum absolute atomic E-state index is 12.6. The van der Waals surface area contributed by atoms with E-state index in [9.17, 15) is 4.79 Å². The maximum atomic E-state index is 12.6. The average Bonchev–Trinajstić information content (AvgIpc) is 2.69. The van der Waals surface area contributed by atoms with Gasteiger partial charge in [0.25, 0.3) is 0 Å². The van der Waals surface area contributed by atoms with Crippen LogP contribution >= 0.6 is 0 Å². The number of hydrogen-bond acceptors (Lipinski definition) is 3. The normalized spacial score (nSPS) is 11.8. The van der Waals surface area contributed by atoms with Crippen molar-refractivity contribution in [3.63, 3.8) is 0 Å². The molecule has 0 heterocycles. The smallest absolute Gasteiger partial charge is 0.193 e. The summed E-state index contributed by atoms with van der Waals surface area (Å²) in [4.78, 5) is 12.6. The summed E-state index contributed by atoms with van der Waals surface area (Å²) in [6.07, 6.45) is 0.633. The highest BCUT2D eigenvalue weighted by molar-refractivity contribution is 6.09. The number of carbonyl (C=O) groups is 1. The lowest BCUT2D eigenvalue weighted by molar-refractivity contribution is 0.103. The van der Waals surface area contributed by atoms with Crippen molar-refractivity contribution in [3.8, 4) is 5.75 Å². The lowest BCUT2D eigenvalue weighted by atomic mass is 10.0. The predicted molar refractivity (Wildman–Crippen MR) is 105 cm³/mol. The molecular weight excluding hydrogens is 322 g/mol. The van der Waals surface area contributed by atoms with Gasteiger partial charge in [-0.2, -0.15) is 0 Å². The van der Waals surface area contributed by atoms with Gasteiger partial charge >= 0.3 is 0 Å². The second kappa shape index (κ2) is 8.45. The highest BCUT2D eigenvalue weighted by Crippen LogP contribution is 2.25. The number of hydrogen-bond donors (Lipinski definition) is 1. The minimum atomic E-state index is -0.0974. The molecule has 2 N–H and O–H groups in total. The van der Waals surface area contributed by atoms with Crippen LogP contribution in [0.1, 0.15) is 39.6 Å². The topological polar surface area (TPSA) is 52.3 Å². The van der Waals surface area contributed by atoms with Crippen LogP contribution in [0.2, 0.25) is 0 Å². The molecule has 0 radical (unpaired) electrons. The summed E-state index contributed by atoms with van der Waals surface area (Å²) in [5.41, 5.74) is 9.30. The van der Waals surface area contributed by atoms with Gasteiger partial charge in [0.2, 0.25) is 0 Å². The van der Waals surface area contributed by atoms with Crippen LogP contribution in [-0.4, -0.2) is 12.3 Å². The van der Waals surface area contributed by atoms with Gasteiger partial charge in [0.15, 0.2) is 5.78 Å². The Bertz CT molecular complexity index is 840. The van der Waals surface area contributed by atoms with Crippen molar-refractivity contribution < 1.29 is 9.53 Å². The molecule has 3 heteroatoms. The first-order chi connectivity index (χ1) is 12.7. The molecule has 3 aromatic carbocycles. The van der Waals surface area contributed by atoms with Crippen LogP contribution in [0.5, 0.6) is 5.75 Å². The molecule has 0 fully saturated rings. The molecule has 0 saturated heterocycles. The molecule has 0 aliphatic carbocycles. The molecule has 132 valence electrons. The van der Waals surface area contributed by atoms with Gasteiger partial charge in [-0.25, -0.2) is 0 Å². The Morgan fingerprint density at radius 3 is 2.04 bits per heavy atom. The van der Waals surface area contributed by atoms with E-state index in [-0.39, 0.29) is 11.9 Å². The van der Waals surface area contributed by atoms with E-state index in [4.69, 9.17) is 10.5 Å². The van der Waals surface area contributed by atoms with E-state index in [0.717, 1.165) is 23.3 Å². The fourth-order valence-corrected chi connectivity index (χ4v) is 2.83. The quantitative estimate of drug-likeness (QED) is 0.632. The third-order valence-electron chi connectivity index (χ3n) is 4.31. The Morgan fingerprint density at radius 2 is 1.46 bits per heavy atom. The monoisotopic (exact) mass is 345 g/mol. The number of rotatable bonds is 7. The number of ketones is 1. The number of nitrogens with two attached hydrogens (primary N) is 1. The lowest BCUT2D eigenvalue weighted by Crippen LogP contribution is -2.13. The summed E-state index contributed by atoms with van der Waals surface area (Å²) < 4.78 is 6.11. The van der Waals surface area contributed by atoms with Crippen molar-refractivity contribution in [1.29, 1.82) is 0 Å². The first-order valence-electron chi connectivity index (χ1n) is 8.80. The Kier molecular flexibility index (Phi) is 5.82. The van der Waals surface area contributed by atoms with Gasteiger partial charge in [0, 0.05) is 17.5 Å². The molecule has 0 unspecified atom stereocenters. The van der Waals surface area contributed by atoms with Gasteiger partial charge in [-0.05, 0) is 43.3 Å². The Hall–Kier alpha value is -2.91. The van der Waals surface area contributed by atoms with E-state index in [1.165, 1.54) is 0 Å². The van der Waals surface area contributed by atoms with Gasteiger partial charge < -0.3 is 10.5 Å². The number of benzene rings is 3. The summed E-state index contributed by atoms with van der Waals surface area (Å²) in [7, 11) is 0. The van der Waals surface area contributed by atoms with Crippen molar-refractivity contribution in [2.24, 2.45) is 5.73 Å². The van der Waals surface area contributed by atoms with E-state index < -0.39 is 0 Å². The van der Waals surface area contributed by atoms with Crippen molar-refractivity contribution >= 4 is 5.78 Å². The third kappa shape index (κ3) is 4.38. The van der Waals surface area contributed by atoms with Gasteiger partial charge in [-0.15, -0.1) is 0 Å². The third-order valence-corrected chi connectivity index (χ3v) is 4.31. The van der Waals surface area contributed by atoms with E-state index in [1.54, 1.807) is 0 Å². The second-order valence-electron chi connectivity index (χ2n) is 6.31. The highest BCUT2D eigenvalue weighted by Gasteiger charge is 2.13. The molecule has 3 rings (SSSR count). The van der Waals surface area contributed by atoms with Crippen molar-refractivity contribution in [3.05, 3.63) is 101 Å². The van der Waals surface area contributed by atoms with Crippen LogP contribution in [0.15, 0.2) is 78.9 Å². The van der Waals surface area contributed by atoms with Crippen molar-refractivity contribution in [2.45, 2.75) is 19.4 Å². The summed E-state index contributed by atoms with van der Waals surface area (Å²) in [6.45, 7) is 2.55. The van der Waals surface area contributed by atoms with Crippen LogP contribution in [0, 0.1) is 6.92 Å². The van der Waals surface area contributed by atoms with Gasteiger partial charge in [0.1, 0.15) is 11.9 Å². The minimum Gasteiger partial charge on any atom is -0.486 e. The molecule has 1 atom stereocenters. The second-order valence-corrected chi connectivity index (χ2v) is 6.31. The SMILES string of the molecule is Cc1ccc(C(=O)c2ccc(O[C@H](CCN)c3ccccc3)cc2)cc1. The zero-order chi connectivity index (χ0) is 18.4. The fourth-order valence-electron chi connectivity index (χ4n) is 2.83. The summed E-state index contributed by atoms with van der Waals surface area (Å²) >= 11 is 0. The molecule has 0 spiro atoms. The number of aryl methyl sites for hydroxylation is 1. The molecule has 0 aromatic heterocycles. The Labute approximate surface area is 154 Å². The molecular formula is C23H23NO2. The molecule has 0 aliphatic rings. The Morgan fingerprint density at radius 1 is 0.885 bits per heavy atom. The van der Waals surface area contributed by atoms with E-state index in [0.29, 0.717) is 17.7 Å². The standard InChI is InChI=1S/C23H23NO2/c1-17-7-9-19(10-8-17)23(25)20-11-13-21(14-12-20)26-22(15-16-24)18-5-3-2-4-6-18/h2-14,22H,15-16,24H2,1H3/t22-/m1/s1. The Balaban J connectivity index is 1.74. The number of ether oxygens (including phenoxy) is 1. The van der Waals surface area contributed by atoms with Crippen LogP contribution in [0.25, 0.3) is 0 Å². The molecule has 0 bridgehead atoms. The van der Waals surface area contributed by atoms with E-state index >= 15 is 0 Å². The first-order valence-corrected chi connectivity index (χ1v) is 8.80. The molecule has 26 heavy (non-hydrogen) atoms. The number of carbonyl (C=O) groups excluding carboxylic acids is 1. The molecule has 0 saturated carbocycles. The predicted octanol–water partition coefficient (Wildman–Crippen LogP) is 4.69. The summed E-state index contributed by atoms with van der Waals surface area (Å²) in [6, 6.07) is 24.9. The van der Waals surface area contributed by atoms with Gasteiger partial charge in [-0.3, -0.25) is 4.79 Å². The lowest BCUT2D eigenvalue weighted by Gasteiger charge is -2.19. The first kappa shape index (κ1) is 17.9. The maximum Gasteiger partial charge on any atom is 0.193 e. The van der Waals surface area contributed by atoms with Crippen LogP contribution < -0.4 is 10.5 Å². The molecule has 3 aromatic rings. The zero-order valence-corrected chi connectivity index (χ0v) is 14.9. The summed E-state index contributed by atoms with van der Waals surface area (Å²) in [5, 5.41) is 0. The van der Waals surface area contributed by atoms with Crippen LogP contribution in [0.3, 0.4) is 0 Å². The van der Waals surface area contributed by atoms with Gasteiger partial charge in [-0.1, -0.05) is 60.2 Å². The average molecular weight is 345 g/mol. The van der Waals surface area contributed by atoms with E-state index in [2.05, 4.69) is 0 Å². The van der Waals surface area contributed by atoms with Crippen molar-refractivity contribution in [1.82, 2.24) is 0 Å². The zero-order valence-electron chi connectivity index (χ0n) is 14.9. The van der Waals surface area contributed by atoms with Crippen LogP contribution in [0.4, 0.5) is 0 Å². The highest BCUT2D eigenvalue weighted by atomic mass is 16.5. The van der Waals surface area contributed by atoms with Crippen LogP contribution in [-0.2, 0) is 0 Å².